The molecule has 2 nitrogen and oxygen atoms in total. The van der Waals surface area contributed by atoms with Crippen molar-refractivity contribution in [3.63, 3.8) is 0 Å². The first-order valence-corrected chi connectivity index (χ1v) is 7.46. The molecule has 2 saturated carbocycles. The Bertz CT molecular complexity index is 151. The predicted octanol–water partition coefficient (Wildman–Crippen LogP) is 2.63. The second-order valence-electron chi connectivity index (χ2n) is 5.14. The van der Waals surface area contributed by atoms with E-state index in [-0.39, 0.29) is 12.2 Å². The molecule has 2 rings (SSSR count). The molecule has 0 spiro atoms. The maximum Gasteiger partial charge on any atom is 0.0540 e. The molecule has 0 saturated heterocycles. The van der Waals surface area contributed by atoms with Crippen LogP contribution in [0.1, 0.15) is 51.4 Å². The Morgan fingerprint density at radius 2 is 0.875 bits per heavy atom. The summed E-state index contributed by atoms with van der Waals surface area (Å²) in [5, 5.41) is 18.9. The Morgan fingerprint density at radius 3 is 1.12 bits per heavy atom. The lowest BCUT2D eigenvalue weighted by atomic mass is 9.72. The van der Waals surface area contributed by atoms with Crippen molar-refractivity contribution in [3.05, 3.63) is 0 Å². The van der Waals surface area contributed by atoms with Crippen LogP contribution in [0, 0.1) is 11.8 Å². The third-order valence-corrected chi connectivity index (χ3v) is 4.15. The van der Waals surface area contributed by atoms with Crippen molar-refractivity contribution in [2.75, 3.05) is 6.26 Å². The molecule has 0 aromatic carbocycles. The zero-order valence-corrected chi connectivity index (χ0v) is 11.2. The molecule has 16 heavy (non-hydrogen) atoms. The van der Waals surface area contributed by atoms with Crippen molar-refractivity contribution in [3.8, 4) is 0 Å². The standard InChI is InChI=1S/C12H22O2.CH4S/c13-11-5-1-9(2-6-11)10-3-7-12(14)8-4-10;1-2/h9-14H,1-8H2;2H,1H3. The van der Waals surface area contributed by atoms with Crippen LogP contribution < -0.4 is 0 Å². The molecule has 0 radical (unpaired) electrons. The molecule has 2 aliphatic rings. The van der Waals surface area contributed by atoms with Gasteiger partial charge in [0.05, 0.1) is 12.2 Å². The van der Waals surface area contributed by atoms with Crippen LogP contribution in [-0.4, -0.2) is 28.7 Å². The lowest BCUT2D eigenvalue weighted by Crippen LogP contribution is -2.28. The molecule has 2 fully saturated rings. The van der Waals surface area contributed by atoms with Crippen molar-refractivity contribution in [2.45, 2.75) is 63.6 Å². The highest BCUT2D eigenvalue weighted by Gasteiger charge is 2.29. The number of rotatable bonds is 1. The summed E-state index contributed by atoms with van der Waals surface area (Å²) in [6, 6.07) is 0. The van der Waals surface area contributed by atoms with E-state index < -0.39 is 0 Å². The van der Waals surface area contributed by atoms with Gasteiger partial charge >= 0.3 is 0 Å². The molecule has 96 valence electrons. The summed E-state index contributed by atoms with van der Waals surface area (Å²) < 4.78 is 0. The average Bonchev–Trinajstić information content (AvgIpc) is 2.34. The van der Waals surface area contributed by atoms with Gasteiger partial charge in [-0.3, -0.25) is 0 Å². The molecule has 0 heterocycles. The van der Waals surface area contributed by atoms with Gasteiger partial charge in [0.1, 0.15) is 0 Å². The van der Waals surface area contributed by atoms with E-state index in [2.05, 4.69) is 12.6 Å². The lowest BCUT2D eigenvalue weighted by Gasteiger charge is -2.35. The Hall–Kier alpha value is 0.270. The molecule has 0 amide bonds. The molecule has 0 bridgehead atoms. The van der Waals surface area contributed by atoms with E-state index in [0.717, 1.165) is 37.5 Å². The highest BCUT2D eigenvalue weighted by molar-refractivity contribution is 7.79. The molecule has 2 aliphatic carbocycles. The predicted molar refractivity (Wildman–Crippen MR) is 70.8 cm³/mol. The molecular weight excluding hydrogens is 220 g/mol. The van der Waals surface area contributed by atoms with Crippen LogP contribution in [0.2, 0.25) is 0 Å². The minimum Gasteiger partial charge on any atom is -0.393 e. The first-order chi connectivity index (χ1) is 7.75. The van der Waals surface area contributed by atoms with Crippen molar-refractivity contribution in [1.82, 2.24) is 0 Å². The van der Waals surface area contributed by atoms with Crippen LogP contribution in [0.4, 0.5) is 0 Å². The maximum atomic E-state index is 9.43. The van der Waals surface area contributed by atoms with Gasteiger partial charge in [-0.2, -0.15) is 12.6 Å². The summed E-state index contributed by atoms with van der Waals surface area (Å²) >= 11 is 3.53. The second-order valence-corrected chi connectivity index (χ2v) is 5.14. The van der Waals surface area contributed by atoms with E-state index in [9.17, 15) is 10.2 Å². The van der Waals surface area contributed by atoms with Crippen molar-refractivity contribution >= 4 is 12.6 Å². The largest absolute Gasteiger partial charge is 0.393 e. The van der Waals surface area contributed by atoms with E-state index in [4.69, 9.17) is 0 Å². The molecule has 0 aromatic heterocycles. The minimum atomic E-state index is -0.0274. The van der Waals surface area contributed by atoms with Gasteiger partial charge in [0.15, 0.2) is 0 Å². The first-order valence-electron chi connectivity index (χ1n) is 6.56. The minimum absolute atomic E-state index is 0.0274. The Labute approximate surface area is 105 Å². The van der Waals surface area contributed by atoms with Crippen molar-refractivity contribution < 1.29 is 10.2 Å². The van der Waals surface area contributed by atoms with Gasteiger partial charge in [-0.05, 0) is 69.5 Å². The zero-order chi connectivity index (χ0) is 12.0. The lowest BCUT2D eigenvalue weighted by molar-refractivity contribution is 0.0543. The molecular formula is C13H26O2S. The fourth-order valence-corrected chi connectivity index (χ4v) is 3.15. The molecule has 0 unspecified atom stereocenters. The summed E-state index contributed by atoms with van der Waals surface area (Å²) in [5.74, 6) is 1.68. The van der Waals surface area contributed by atoms with Gasteiger partial charge in [-0.1, -0.05) is 0 Å². The van der Waals surface area contributed by atoms with Gasteiger partial charge in [-0.25, -0.2) is 0 Å². The molecule has 0 aromatic rings. The van der Waals surface area contributed by atoms with E-state index in [1.165, 1.54) is 25.7 Å². The third kappa shape index (κ3) is 4.27. The monoisotopic (exact) mass is 246 g/mol. The zero-order valence-electron chi connectivity index (χ0n) is 10.3. The fraction of sp³-hybridized carbons (Fsp3) is 1.00. The highest BCUT2D eigenvalue weighted by atomic mass is 32.1. The maximum absolute atomic E-state index is 9.43. The van der Waals surface area contributed by atoms with Crippen LogP contribution in [0.3, 0.4) is 0 Å². The Morgan fingerprint density at radius 1 is 0.625 bits per heavy atom. The number of hydrogen-bond acceptors (Lipinski definition) is 3. The van der Waals surface area contributed by atoms with Crippen LogP contribution in [0.15, 0.2) is 0 Å². The second kappa shape index (κ2) is 7.57. The summed E-state index contributed by atoms with van der Waals surface area (Å²) in [5.41, 5.74) is 0. The molecule has 3 heteroatoms. The Kier molecular flexibility index (Phi) is 6.78. The SMILES string of the molecule is CS.OC1CCC(C2CCC(O)CC2)CC1. The average molecular weight is 246 g/mol. The van der Waals surface area contributed by atoms with Crippen molar-refractivity contribution in [2.24, 2.45) is 11.8 Å². The number of hydrogen-bond donors (Lipinski definition) is 3. The highest BCUT2D eigenvalue weighted by Crippen LogP contribution is 2.38. The van der Waals surface area contributed by atoms with Crippen LogP contribution >= 0.6 is 12.6 Å². The summed E-state index contributed by atoms with van der Waals surface area (Å²) in [4.78, 5) is 0. The number of aliphatic hydroxyl groups excluding tert-OH is 2. The fourth-order valence-electron chi connectivity index (χ4n) is 3.15. The first kappa shape index (κ1) is 14.3. The van der Waals surface area contributed by atoms with Crippen LogP contribution in [0.25, 0.3) is 0 Å². The number of thiol groups is 1. The topological polar surface area (TPSA) is 40.5 Å². The van der Waals surface area contributed by atoms with E-state index in [1.807, 2.05) is 0 Å². The van der Waals surface area contributed by atoms with E-state index in [1.54, 1.807) is 6.26 Å². The van der Waals surface area contributed by atoms with Gasteiger partial charge in [0, 0.05) is 0 Å². The van der Waals surface area contributed by atoms with Gasteiger partial charge in [0.2, 0.25) is 0 Å². The van der Waals surface area contributed by atoms with Gasteiger partial charge in [0.25, 0.3) is 0 Å². The third-order valence-electron chi connectivity index (χ3n) is 4.15. The summed E-state index contributed by atoms with van der Waals surface area (Å²) in [6.07, 6.45) is 10.5. The molecule has 0 aliphatic heterocycles. The van der Waals surface area contributed by atoms with E-state index >= 15 is 0 Å². The summed E-state index contributed by atoms with van der Waals surface area (Å²) in [7, 11) is 0. The van der Waals surface area contributed by atoms with Gasteiger partial charge in [-0.15, -0.1) is 0 Å². The quantitative estimate of drug-likeness (QED) is 0.623. The molecule has 2 N–H and O–H groups in total. The number of aliphatic hydroxyl groups is 2. The Balaban J connectivity index is 0.000000606. The van der Waals surface area contributed by atoms with Crippen molar-refractivity contribution in [1.29, 1.82) is 0 Å². The van der Waals surface area contributed by atoms with Crippen LogP contribution in [-0.2, 0) is 0 Å². The van der Waals surface area contributed by atoms with E-state index in [0.29, 0.717) is 0 Å². The smallest absolute Gasteiger partial charge is 0.0540 e. The normalized spacial score (nSPS) is 39.8. The summed E-state index contributed by atoms with van der Waals surface area (Å²) in [6.45, 7) is 0. The molecule has 0 atom stereocenters. The van der Waals surface area contributed by atoms with Gasteiger partial charge < -0.3 is 10.2 Å². The van der Waals surface area contributed by atoms with Crippen LogP contribution in [0.5, 0.6) is 0 Å².